The molecule has 0 bridgehead atoms. The number of para-hydroxylation sites is 1. The fourth-order valence-electron chi connectivity index (χ4n) is 5.01. The number of aryl methyl sites for hydroxylation is 1. The first-order chi connectivity index (χ1) is 17.8. The molecule has 1 atom stereocenters. The van der Waals surface area contributed by atoms with E-state index in [2.05, 4.69) is 40.7 Å². The van der Waals surface area contributed by atoms with E-state index in [9.17, 15) is 13.2 Å². The fourth-order valence-corrected chi connectivity index (χ4v) is 7.64. The van der Waals surface area contributed by atoms with Crippen LogP contribution in [0.2, 0.25) is 0 Å². The largest absolute Gasteiger partial charge is 0.330 e. The predicted molar refractivity (Wildman–Crippen MR) is 148 cm³/mol. The van der Waals surface area contributed by atoms with Gasteiger partial charge in [-0.1, -0.05) is 61.9 Å². The zero-order chi connectivity index (χ0) is 26.2. The van der Waals surface area contributed by atoms with E-state index in [4.69, 9.17) is 0 Å². The summed E-state index contributed by atoms with van der Waals surface area (Å²) in [5.74, 6) is -0.150. The maximum atomic E-state index is 14.0. The Balaban J connectivity index is 1.51. The van der Waals surface area contributed by atoms with Crippen LogP contribution in [0.15, 0.2) is 77.1 Å². The highest BCUT2D eigenvalue weighted by Crippen LogP contribution is 2.38. The van der Waals surface area contributed by atoms with Gasteiger partial charge < -0.3 is 4.90 Å². The van der Waals surface area contributed by atoms with Crippen LogP contribution >= 0.6 is 11.3 Å². The summed E-state index contributed by atoms with van der Waals surface area (Å²) < 4.78 is 29.3. The normalized spacial score (nSPS) is 15.9. The van der Waals surface area contributed by atoms with Gasteiger partial charge in [0.2, 0.25) is 15.9 Å². The van der Waals surface area contributed by atoms with E-state index in [1.165, 1.54) is 9.18 Å². The van der Waals surface area contributed by atoms with Crippen molar-refractivity contribution >= 4 is 38.2 Å². The van der Waals surface area contributed by atoms with Crippen LogP contribution in [0.5, 0.6) is 0 Å². The Hall–Kier alpha value is -3.07. The lowest BCUT2D eigenvalue weighted by Crippen LogP contribution is -2.47. The number of aromatic nitrogens is 1. The highest BCUT2D eigenvalue weighted by molar-refractivity contribution is 7.89. The monoisotopic (exact) mass is 533 g/mol. The van der Waals surface area contributed by atoms with Gasteiger partial charge in [0.1, 0.15) is 4.90 Å². The first kappa shape index (κ1) is 25.6. The third-order valence-electron chi connectivity index (χ3n) is 6.77. The summed E-state index contributed by atoms with van der Waals surface area (Å²) in [6, 6.07) is 18.9. The molecular weight excluding hydrogens is 502 g/mol. The molecule has 8 heteroatoms. The Kier molecular flexibility index (Phi) is 7.16. The smallest absolute Gasteiger partial charge is 0.245 e. The van der Waals surface area contributed by atoms with E-state index in [1.807, 2.05) is 37.8 Å². The molecule has 0 saturated carbocycles. The number of carbonyl (C=O) groups is 1. The summed E-state index contributed by atoms with van der Waals surface area (Å²) in [5.41, 5.74) is 3.74. The number of rotatable bonds is 7. The Labute approximate surface area is 222 Å². The molecule has 3 heterocycles. The van der Waals surface area contributed by atoms with Gasteiger partial charge in [0, 0.05) is 29.5 Å². The van der Waals surface area contributed by atoms with Crippen LogP contribution in [0, 0.1) is 12.8 Å². The SMILES string of the molecule is Cc1ccc([C@H]2c3ccsc3CCN2C(=O)CN(CC(C)C)S(=O)(=O)c2cccc3cccnc23)cc1. The molecule has 0 unspecified atom stereocenters. The molecule has 0 radical (unpaired) electrons. The van der Waals surface area contributed by atoms with Crippen molar-refractivity contribution < 1.29 is 13.2 Å². The number of pyridine rings is 1. The summed E-state index contributed by atoms with van der Waals surface area (Å²) in [6.07, 6.45) is 2.36. The number of fused-ring (bicyclic) bond motifs is 2. The molecule has 2 aromatic heterocycles. The van der Waals surface area contributed by atoms with Gasteiger partial charge in [-0.15, -0.1) is 11.3 Å². The predicted octanol–water partition coefficient (Wildman–Crippen LogP) is 5.43. The van der Waals surface area contributed by atoms with Crippen LogP contribution in [-0.2, 0) is 21.2 Å². The average molecular weight is 534 g/mol. The number of thiophene rings is 1. The molecule has 0 spiro atoms. The maximum absolute atomic E-state index is 14.0. The quantitative estimate of drug-likeness (QED) is 0.318. The van der Waals surface area contributed by atoms with Gasteiger partial charge in [-0.25, -0.2) is 8.42 Å². The van der Waals surface area contributed by atoms with Crippen molar-refractivity contribution in [3.05, 3.63) is 93.8 Å². The standard InChI is InChI=1S/C29H31N3O3S2/c1-20(2)18-31(37(34,35)26-8-4-6-22-7-5-15-30-28(22)26)19-27(33)32-16-13-25-24(14-17-36-25)29(32)23-11-9-21(3)10-12-23/h4-12,14-15,17,20,29H,13,16,18-19H2,1-3H3/t29-/m0/s1. The summed E-state index contributed by atoms with van der Waals surface area (Å²) in [7, 11) is -3.97. The number of hydrogen-bond acceptors (Lipinski definition) is 5. The van der Waals surface area contributed by atoms with Gasteiger partial charge in [0.25, 0.3) is 0 Å². The van der Waals surface area contributed by atoms with E-state index >= 15 is 0 Å². The number of hydrogen-bond donors (Lipinski definition) is 0. The number of amides is 1. The lowest BCUT2D eigenvalue weighted by molar-refractivity contribution is -0.133. The molecule has 1 amide bonds. The Bertz CT molecular complexity index is 1520. The van der Waals surface area contributed by atoms with Crippen molar-refractivity contribution in [2.45, 2.75) is 38.1 Å². The minimum Gasteiger partial charge on any atom is -0.330 e. The van der Waals surface area contributed by atoms with E-state index in [0.29, 0.717) is 12.1 Å². The van der Waals surface area contributed by atoms with Gasteiger partial charge in [-0.05, 0) is 54.0 Å². The average Bonchev–Trinajstić information content (AvgIpc) is 3.36. The minimum atomic E-state index is -3.97. The van der Waals surface area contributed by atoms with Crippen molar-refractivity contribution in [3.8, 4) is 0 Å². The summed E-state index contributed by atoms with van der Waals surface area (Å²) in [5, 5.41) is 2.82. The van der Waals surface area contributed by atoms with Crippen molar-refractivity contribution in [2.24, 2.45) is 5.92 Å². The third kappa shape index (κ3) is 5.06. The molecule has 1 aliphatic heterocycles. The molecule has 6 nitrogen and oxygen atoms in total. The fraction of sp³-hybridized carbons (Fsp3) is 0.310. The summed E-state index contributed by atoms with van der Waals surface area (Å²) in [4.78, 5) is 21.5. The van der Waals surface area contributed by atoms with Crippen molar-refractivity contribution in [1.29, 1.82) is 0 Å². The first-order valence-electron chi connectivity index (χ1n) is 12.5. The highest BCUT2D eigenvalue weighted by atomic mass is 32.2. The third-order valence-corrected chi connectivity index (χ3v) is 9.61. The summed E-state index contributed by atoms with van der Waals surface area (Å²) in [6.45, 7) is 6.54. The molecule has 0 N–H and O–H groups in total. The van der Waals surface area contributed by atoms with Crippen LogP contribution in [0.3, 0.4) is 0 Å². The van der Waals surface area contributed by atoms with Crippen LogP contribution in [0.1, 0.15) is 41.5 Å². The zero-order valence-corrected chi connectivity index (χ0v) is 22.9. The van der Waals surface area contributed by atoms with Crippen LogP contribution in [0.25, 0.3) is 10.9 Å². The second-order valence-corrected chi connectivity index (χ2v) is 12.9. The lowest BCUT2D eigenvalue weighted by Gasteiger charge is -2.37. The van der Waals surface area contributed by atoms with Gasteiger partial charge in [-0.3, -0.25) is 9.78 Å². The molecule has 37 heavy (non-hydrogen) atoms. The molecule has 1 aliphatic rings. The van der Waals surface area contributed by atoms with E-state index in [1.54, 1.807) is 35.7 Å². The zero-order valence-electron chi connectivity index (χ0n) is 21.3. The second kappa shape index (κ2) is 10.4. The molecule has 0 saturated heterocycles. The van der Waals surface area contributed by atoms with Crippen LogP contribution < -0.4 is 0 Å². The Morgan fingerprint density at radius 1 is 1.11 bits per heavy atom. The van der Waals surface area contributed by atoms with Crippen molar-refractivity contribution in [3.63, 3.8) is 0 Å². The molecule has 0 fully saturated rings. The van der Waals surface area contributed by atoms with Crippen molar-refractivity contribution in [1.82, 2.24) is 14.2 Å². The lowest BCUT2D eigenvalue weighted by atomic mass is 9.92. The molecule has 0 aliphatic carbocycles. The Morgan fingerprint density at radius 2 is 1.86 bits per heavy atom. The molecule has 2 aromatic carbocycles. The Morgan fingerprint density at radius 3 is 2.62 bits per heavy atom. The second-order valence-electron chi connectivity index (χ2n) is 9.97. The number of benzene rings is 2. The maximum Gasteiger partial charge on any atom is 0.245 e. The van der Waals surface area contributed by atoms with E-state index in [-0.39, 0.29) is 35.9 Å². The van der Waals surface area contributed by atoms with Gasteiger partial charge in [0.05, 0.1) is 18.1 Å². The van der Waals surface area contributed by atoms with E-state index < -0.39 is 10.0 Å². The van der Waals surface area contributed by atoms with Gasteiger partial charge in [0.15, 0.2) is 0 Å². The number of sulfonamides is 1. The van der Waals surface area contributed by atoms with Gasteiger partial charge >= 0.3 is 0 Å². The molecular formula is C29H31N3O3S2. The first-order valence-corrected chi connectivity index (χ1v) is 14.8. The van der Waals surface area contributed by atoms with E-state index in [0.717, 1.165) is 28.5 Å². The molecule has 5 rings (SSSR count). The minimum absolute atomic E-state index is 0.0447. The number of nitrogens with zero attached hydrogens (tertiary/aromatic N) is 3. The van der Waals surface area contributed by atoms with Crippen LogP contribution in [-0.4, -0.2) is 48.1 Å². The van der Waals surface area contributed by atoms with Crippen molar-refractivity contribution in [2.75, 3.05) is 19.6 Å². The number of carbonyl (C=O) groups excluding carboxylic acids is 1. The highest BCUT2D eigenvalue weighted by Gasteiger charge is 2.36. The summed E-state index contributed by atoms with van der Waals surface area (Å²) >= 11 is 1.71. The van der Waals surface area contributed by atoms with Gasteiger partial charge in [-0.2, -0.15) is 4.31 Å². The topological polar surface area (TPSA) is 70.6 Å². The van der Waals surface area contributed by atoms with Crippen LogP contribution in [0.4, 0.5) is 0 Å². The molecule has 192 valence electrons. The molecule has 4 aromatic rings.